The van der Waals surface area contributed by atoms with E-state index in [4.69, 9.17) is 10.5 Å². The second-order valence-electron chi connectivity index (χ2n) is 3.70. The van der Waals surface area contributed by atoms with Gasteiger partial charge in [-0.1, -0.05) is 13.3 Å². The molecule has 0 fully saturated rings. The summed E-state index contributed by atoms with van der Waals surface area (Å²) in [4.78, 5) is 26.1. The number of hydrogen-bond donors (Lipinski definition) is 1. The number of dihydropyridines is 1. The van der Waals surface area contributed by atoms with E-state index in [1.807, 2.05) is 6.92 Å². The Hall–Kier alpha value is -1.91. The lowest BCUT2D eigenvalue weighted by molar-refractivity contribution is -0.135. The number of methoxy groups -OCH3 is 1. The van der Waals surface area contributed by atoms with E-state index in [0.717, 1.165) is 12.8 Å². The van der Waals surface area contributed by atoms with Crippen molar-refractivity contribution in [1.29, 1.82) is 0 Å². The second-order valence-corrected chi connectivity index (χ2v) is 3.70. The van der Waals surface area contributed by atoms with Gasteiger partial charge in [0.15, 0.2) is 6.23 Å². The summed E-state index contributed by atoms with van der Waals surface area (Å²) in [5, 5.41) is 0. The minimum Gasteiger partial charge on any atom is -0.465 e. The maximum atomic E-state index is 11.4. The monoisotopic (exact) mass is 252 g/mol. The van der Waals surface area contributed by atoms with Gasteiger partial charge in [-0.3, -0.25) is 0 Å². The first-order valence-corrected chi connectivity index (χ1v) is 5.64. The number of aliphatic imine (C=N–C) groups is 1. The van der Waals surface area contributed by atoms with Crippen molar-refractivity contribution >= 4 is 17.7 Å². The number of carbonyl (C=O) groups is 1. The average Bonchev–Trinajstić information content (AvgIpc) is 2.38. The van der Waals surface area contributed by atoms with Crippen LogP contribution in [0.1, 0.15) is 19.8 Å². The van der Waals surface area contributed by atoms with Crippen LogP contribution in [0.2, 0.25) is 0 Å². The van der Waals surface area contributed by atoms with E-state index in [-0.39, 0.29) is 17.0 Å². The molecule has 0 amide bonds. The van der Waals surface area contributed by atoms with Crippen LogP contribution in [0.15, 0.2) is 22.2 Å². The Kier molecular flexibility index (Phi) is 5.30. The molecular weight excluding hydrogens is 236 g/mol. The SMILES string of the molecule is CCCCOC1N=C(N)C(C(=O)OC)=CC1=C=O. The van der Waals surface area contributed by atoms with Crippen LogP contribution >= 0.6 is 0 Å². The van der Waals surface area contributed by atoms with E-state index in [0.29, 0.717) is 6.61 Å². The predicted molar refractivity (Wildman–Crippen MR) is 65.6 cm³/mol. The number of esters is 1. The molecule has 1 rings (SSSR count). The van der Waals surface area contributed by atoms with Crippen molar-refractivity contribution in [2.75, 3.05) is 13.7 Å². The molecule has 1 atom stereocenters. The summed E-state index contributed by atoms with van der Waals surface area (Å²) in [6, 6.07) is 0. The summed E-state index contributed by atoms with van der Waals surface area (Å²) in [7, 11) is 1.23. The predicted octanol–water partition coefficient (Wildman–Crippen LogP) is 0.357. The smallest absolute Gasteiger partial charge is 0.341 e. The molecule has 0 aromatic carbocycles. The zero-order valence-electron chi connectivity index (χ0n) is 10.4. The number of ether oxygens (including phenoxy) is 2. The van der Waals surface area contributed by atoms with Crippen molar-refractivity contribution in [3.8, 4) is 0 Å². The molecule has 6 heteroatoms. The van der Waals surface area contributed by atoms with Crippen molar-refractivity contribution in [2.24, 2.45) is 10.7 Å². The standard InChI is InChI=1S/C12H16N2O4/c1-3-4-5-18-11-8(7-15)6-9(10(13)14-11)12(16)17-2/h6,11H,3-5H2,1-2H3,(H2,13,14). The average molecular weight is 252 g/mol. The highest BCUT2D eigenvalue weighted by molar-refractivity contribution is 6.19. The van der Waals surface area contributed by atoms with Crippen molar-refractivity contribution in [3.63, 3.8) is 0 Å². The molecular formula is C12H16N2O4. The Balaban J connectivity index is 2.86. The van der Waals surface area contributed by atoms with Gasteiger partial charge in [-0.05, 0) is 12.5 Å². The highest BCUT2D eigenvalue weighted by atomic mass is 16.5. The topological polar surface area (TPSA) is 91.0 Å². The molecule has 0 spiro atoms. The normalized spacial score (nSPS) is 18.8. The van der Waals surface area contributed by atoms with Crippen LogP contribution in [0, 0.1) is 0 Å². The lowest BCUT2D eigenvalue weighted by atomic mass is 10.1. The molecule has 2 N–H and O–H groups in total. The highest BCUT2D eigenvalue weighted by Crippen LogP contribution is 2.17. The van der Waals surface area contributed by atoms with Crippen molar-refractivity contribution in [3.05, 3.63) is 17.2 Å². The molecule has 18 heavy (non-hydrogen) atoms. The lowest BCUT2D eigenvalue weighted by Gasteiger charge is -2.18. The summed E-state index contributed by atoms with van der Waals surface area (Å²) in [6.45, 7) is 2.48. The van der Waals surface area contributed by atoms with Crippen LogP contribution in [-0.4, -0.2) is 37.7 Å². The van der Waals surface area contributed by atoms with Gasteiger partial charge < -0.3 is 15.2 Å². The van der Waals surface area contributed by atoms with E-state index < -0.39 is 12.2 Å². The summed E-state index contributed by atoms with van der Waals surface area (Å²) in [5.41, 5.74) is 5.81. The molecule has 0 aromatic heterocycles. The van der Waals surface area contributed by atoms with Crippen LogP contribution in [-0.2, 0) is 19.1 Å². The summed E-state index contributed by atoms with van der Waals surface area (Å²) in [5.74, 6) is 1.06. The van der Waals surface area contributed by atoms with Gasteiger partial charge in [-0.25, -0.2) is 14.6 Å². The van der Waals surface area contributed by atoms with Crippen LogP contribution in [0.4, 0.5) is 0 Å². The van der Waals surface area contributed by atoms with E-state index in [2.05, 4.69) is 9.73 Å². The minimum atomic E-state index is -0.789. The third kappa shape index (κ3) is 3.29. The van der Waals surface area contributed by atoms with Gasteiger partial charge in [0.05, 0.1) is 12.7 Å². The van der Waals surface area contributed by atoms with Crippen LogP contribution in [0.25, 0.3) is 0 Å². The zero-order valence-corrected chi connectivity index (χ0v) is 10.4. The molecule has 1 heterocycles. The van der Waals surface area contributed by atoms with Gasteiger partial charge in [0.2, 0.25) is 0 Å². The molecule has 0 saturated heterocycles. The lowest BCUT2D eigenvalue weighted by Crippen LogP contribution is -2.30. The summed E-state index contributed by atoms with van der Waals surface area (Å²) >= 11 is 0. The number of carbonyl (C=O) groups excluding carboxylic acids is 2. The van der Waals surface area contributed by atoms with E-state index >= 15 is 0 Å². The fourth-order valence-corrected chi connectivity index (χ4v) is 1.39. The van der Waals surface area contributed by atoms with Gasteiger partial charge in [0.25, 0.3) is 0 Å². The Labute approximate surface area is 105 Å². The first kappa shape index (κ1) is 14.2. The quantitative estimate of drug-likeness (QED) is 0.433. The number of unbranched alkanes of at least 4 members (excludes halogenated alkanes) is 1. The van der Waals surface area contributed by atoms with Crippen molar-refractivity contribution in [1.82, 2.24) is 0 Å². The van der Waals surface area contributed by atoms with E-state index in [1.54, 1.807) is 5.94 Å². The third-order valence-corrected chi connectivity index (χ3v) is 2.39. The van der Waals surface area contributed by atoms with E-state index in [9.17, 15) is 9.59 Å². The summed E-state index contributed by atoms with van der Waals surface area (Å²) in [6.07, 6.45) is 2.33. The fraction of sp³-hybridized carbons (Fsp3) is 0.500. The van der Waals surface area contributed by atoms with Gasteiger partial charge in [-0.15, -0.1) is 0 Å². The number of nitrogens with zero attached hydrogens (tertiary/aromatic N) is 1. The molecule has 0 aromatic rings. The Morgan fingerprint density at radius 3 is 2.89 bits per heavy atom. The molecule has 0 saturated carbocycles. The maximum Gasteiger partial charge on any atom is 0.341 e. The van der Waals surface area contributed by atoms with Gasteiger partial charge in [0, 0.05) is 6.61 Å². The first-order chi connectivity index (χ1) is 8.63. The highest BCUT2D eigenvalue weighted by Gasteiger charge is 2.25. The van der Waals surface area contributed by atoms with Gasteiger partial charge in [0.1, 0.15) is 17.4 Å². The molecule has 1 unspecified atom stereocenters. The van der Waals surface area contributed by atoms with Crippen LogP contribution < -0.4 is 5.73 Å². The fourth-order valence-electron chi connectivity index (χ4n) is 1.39. The molecule has 0 bridgehead atoms. The van der Waals surface area contributed by atoms with Gasteiger partial charge >= 0.3 is 5.97 Å². The minimum absolute atomic E-state index is 0.00217. The Bertz CT molecular complexity index is 433. The van der Waals surface area contributed by atoms with Crippen molar-refractivity contribution < 1.29 is 19.1 Å². The van der Waals surface area contributed by atoms with Crippen LogP contribution in [0.3, 0.4) is 0 Å². The van der Waals surface area contributed by atoms with Crippen molar-refractivity contribution in [2.45, 2.75) is 26.0 Å². The molecule has 98 valence electrons. The largest absolute Gasteiger partial charge is 0.465 e. The van der Waals surface area contributed by atoms with Crippen LogP contribution in [0.5, 0.6) is 0 Å². The number of amidine groups is 1. The number of nitrogens with two attached hydrogens (primary N) is 1. The second kappa shape index (κ2) is 6.74. The molecule has 1 aliphatic heterocycles. The number of hydrogen-bond acceptors (Lipinski definition) is 6. The Morgan fingerprint density at radius 1 is 1.61 bits per heavy atom. The van der Waals surface area contributed by atoms with E-state index in [1.165, 1.54) is 13.2 Å². The first-order valence-electron chi connectivity index (χ1n) is 5.64. The molecule has 6 nitrogen and oxygen atoms in total. The molecule has 0 radical (unpaired) electrons. The van der Waals surface area contributed by atoms with Gasteiger partial charge in [-0.2, -0.15) is 0 Å². The molecule has 1 aliphatic rings. The number of rotatable bonds is 5. The Morgan fingerprint density at radius 2 is 2.33 bits per heavy atom. The third-order valence-electron chi connectivity index (χ3n) is 2.39. The summed E-state index contributed by atoms with van der Waals surface area (Å²) < 4.78 is 9.93. The zero-order chi connectivity index (χ0) is 13.5. The molecule has 0 aliphatic carbocycles. The maximum absolute atomic E-state index is 11.4.